The predicted octanol–water partition coefficient (Wildman–Crippen LogP) is 2.37. The standard InChI is InChI=1S/C16H14BrFN4O2S/c17-13-1-2-14(18)15(10-13)25(23,24)22-7-5-21(6-8-22)16-9-12(11-19)3-4-20-16/h1-4,9-10H,5-8H2. The summed E-state index contributed by atoms with van der Waals surface area (Å²) in [5, 5.41) is 8.96. The molecule has 1 fully saturated rings. The van der Waals surface area contributed by atoms with E-state index in [1.54, 1.807) is 18.3 Å². The van der Waals surface area contributed by atoms with Gasteiger partial charge in [0.25, 0.3) is 0 Å². The van der Waals surface area contributed by atoms with E-state index >= 15 is 0 Å². The van der Waals surface area contributed by atoms with Crippen LogP contribution in [0.1, 0.15) is 5.56 Å². The number of hydrogen-bond donors (Lipinski definition) is 0. The SMILES string of the molecule is N#Cc1ccnc(N2CCN(S(=O)(=O)c3cc(Br)ccc3F)CC2)c1. The van der Waals surface area contributed by atoms with Gasteiger partial charge in [-0.1, -0.05) is 15.9 Å². The van der Waals surface area contributed by atoms with E-state index in [0.29, 0.717) is 28.9 Å². The Morgan fingerprint density at radius 1 is 1.16 bits per heavy atom. The lowest BCUT2D eigenvalue weighted by molar-refractivity contribution is 0.381. The summed E-state index contributed by atoms with van der Waals surface area (Å²) in [6.07, 6.45) is 1.55. The van der Waals surface area contributed by atoms with Crippen molar-refractivity contribution >= 4 is 31.8 Å². The lowest BCUT2D eigenvalue weighted by atomic mass is 10.2. The zero-order valence-corrected chi connectivity index (χ0v) is 15.5. The van der Waals surface area contributed by atoms with Crippen molar-refractivity contribution in [3.05, 3.63) is 52.4 Å². The maximum atomic E-state index is 14.0. The highest BCUT2D eigenvalue weighted by atomic mass is 79.9. The number of nitriles is 1. The van der Waals surface area contributed by atoms with Gasteiger partial charge in [-0.3, -0.25) is 0 Å². The first-order chi connectivity index (χ1) is 11.9. The average Bonchev–Trinajstić information content (AvgIpc) is 2.63. The number of rotatable bonds is 3. The molecule has 1 aliphatic heterocycles. The number of piperazine rings is 1. The van der Waals surface area contributed by atoms with E-state index in [4.69, 9.17) is 5.26 Å². The fourth-order valence-corrected chi connectivity index (χ4v) is 4.66. The Balaban J connectivity index is 1.77. The number of aromatic nitrogens is 1. The molecule has 0 unspecified atom stereocenters. The molecule has 0 radical (unpaired) electrons. The molecule has 0 amide bonds. The third kappa shape index (κ3) is 3.66. The van der Waals surface area contributed by atoms with Crippen LogP contribution in [0.3, 0.4) is 0 Å². The van der Waals surface area contributed by atoms with Crippen LogP contribution in [0.4, 0.5) is 10.2 Å². The van der Waals surface area contributed by atoms with Crippen LogP contribution < -0.4 is 4.90 Å². The van der Waals surface area contributed by atoms with Gasteiger partial charge in [-0.25, -0.2) is 17.8 Å². The molecule has 2 heterocycles. The largest absolute Gasteiger partial charge is 0.354 e. The lowest BCUT2D eigenvalue weighted by Crippen LogP contribution is -2.49. The van der Waals surface area contributed by atoms with E-state index in [9.17, 15) is 12.8 Å². The molecule has 0 atom stereocenters. The number of hydrogen-bond acceptors (Lipinski definition) is 5. The molecule has 0 aliphatic carbocycles. The van der Waals surface area contributed by atoms with Gasteiger partial charge in [-0.05, 0) is 30.3 Å². The summed E-state index contributed by atoms with van der Waals surface area (Å²) in [6, 6.07) is 9.19. The quantitative estimate of drug-likeness (QED) is 0.755. The zero-order chi connectivity index (χ0) is 18.0. The number of pyridine rings is 1. The van der Waals surface area contributed by atoms with E-state index in [2.05, 4.69) is 27.0 Å². The van der Waals surface area contributed by atoms with Crippen molar-refractivity contribution in [2.24, 2.45) is 0 Å². The van der Waals surface area contributed by atoms with Crippen molar-refractivity contribution in [1.29, 1.82) is 5.26 Å². The molecule has 0 bridgehead atoms. The number of sulfonamides is 1. The Bertz CT molecular complexity index is 937. The van der Waals surface area contributed by atoms with Crippen LogP contribution in [-0.4, -0.2) is 43.9 Å². The molecule has 3 rings (SSSR count). The number of nitrogens with zero attached hydrogens (tertiary/aromatic N) is 4. The Morgan fingerprint density at radius 3 is 2.56 bits per heavy atom. The van der Waals surface area contributed by atoms with Crippen LogP contribution in [0.25, 0.3) is 0 Å². The van der Waals surface area contributed by atoms with Gasteiger partial charge < -0.3 is 4.90 Å². The van der Waals surface area contributed by atoms with E-state index in [-0.39, 0.29) is 18.0 Å². The van der Waals surface area contributed by atoms with Crippen LogP contribution >= 0.6 is 15.9 Å². The van der Waals surface area contributed by atoms with Crippen LogP contribution in [0.5, 0.6) is 0 Å². The second-order valence-corrected chi connectivity index (χ2v) is 8.30. The summed E-state index contributed by atoms with van der Waals surface area (Å²) in [6.45, 7) is 1.26. The average molecular weight is 425 g/mol. The van der Waals surface area contributed by atoms with Gasteiger partial charge in [0.05, 0.1) is 11.6 Å². The molecule has 0 spiro atoms. The molecule has 1 aromatic carbocycles. The Hall–Kier alpha value is -2.02. The van der Waals surface area contributed by atoms with Gasteiger partial charge in [0, 0.05) is 36.8 Å². The Morgan fingerprint density at radius 2 is 1.88 bits per heavy atom. The summed E-state index contributed by atoms with van der Waals surface area (Å²) in [5.41, 5.74) is 0.497. The summed E-state index contributed by atoms with van der Waals surface area (Å²) < 4.78 is 41.1. The zero-order valence-electron chi connectivity index (χ0n) is 13.1. The normalized spacial score (nSPS) is 15.8. The highest BCUT2D eigenvalue weighted by Crippen LogP contribution is 2.25. The summed E-state index contributed by atoms with van der Waals surface area (Å²) in [4.78, 5) is 5.80. The first-order valence-electron chi connectivity index (χ1n) is 7.48. The number of anilines is 1. The maximum Gasteiger partial charge on any atom is 0.246 e. The third-order valence-electron chi connectivity index (χ3n) is 3.95. The molecule has 0 N–H and O–H groups in total. The van der Waals surface area contributed by atoms with Gasteiger partial charge in [-0.15, -0.1) is 0 Å². The van der Waals surface area contributed by atoms with Crippen LogP contribution in [0.15, 0.2) is 45.9 Å². The van der Waals surface area contributed by atoms with Crippen molar-refractivity contribution in [2.75, 3.05) is 31.1 Å². The maximum absolute atomic E-state index is 14.0. The molecule has 1 saturated heterocycles. The van der Waals surface area contributed by atoms with Crippen molar-refractivity contribution < 1.29 is 12.8 Å². The van der Waals surface area contributed by atoms with Crippen LogP contribution in [-0.2, 0) is 10.0 Å². The summed E-state index contributed by atoms with van der Waals surface area (Å²) >= 11 is 3.17. The Labute approximate surface area is 153 Å². The molecule has 130 valence electrons. The van der Waals surface area contributed by atoms with E-state index in [0.717, 1.165) is 6.07 Å². The molecular formula is C16H14BrFN4O2S. The minimum atomic E-state index is -3.90. The minimum Gasteiger partial charge on any atom is -0.354 e. The second-order valence-electron chi connectivity index (χ2n) is 5.48. The first kappa shape index (κ1) is 17.8. The van der Waals surface area contributed by atoms with Gasteiger partial charge in [0.2, 0.25) is 10.0 Å². The topological polar surface area (TPSA) is 77.3 Å². The van der Waals surface area contributed by atoms with Crippen LogP contribution in [0, 0.1) is 17.1 Å². The van der Waals surface area contributed by atoms with Gasteiger partial charge >= 0.3 is 0 Å². The Kier molecular flexibility index (Phi) is 5.03. The second kappa shape index (κ2) is 7.07. The number of benzene rings is 1. The molecule has 6 nitrogen and oxygen atoms in total. The lowest BCUT2D eigenvalue weighted by Gasteiger charge is -2.34. The third-order valence-corrected chi connectivity index (χ3v) is 6.36. The molecular weight excluding hydrogens is 411 g/mol. The van der Waals surface area contributed by atoms with E-state index < -0.39 is 15.8 Å². The summed E-state index contributed by atoms with van der Waals surface area (Å²) in [7, 11) is -3.90. The summed E-state index contributed by atoms with van der Waals surface area (Å²) in [5.74, 6) is -0.140. The fourth-order valence-electron chi connectivity index (χ4n) is 2.63. The van der Waals surface area contributed by atoms with Gasteiger partial charge in [0.15, 0.2) is 0 Å². The highest BCUT2D eigenvalue weighted by molar-refractivity contribution is 9.10. The predicted molar refractivity (Wildman–Crippen MR) is 94.0 cm³/mol. The number of halogens is 2. The smallest absolute Gasteiger partial charge is 0.246 e. The fraction of sp³-hybridized carbons (Fsp3) is 0.250. The molecule has 9 heteroatoms. The molecule has 1 aliphatic rings. The van der Waals surface area contributed by atoms with Crippen LogP contribution in [0.2, 0.25) is 0 Å². The molecule has 2 aromatic rings. The van der Waals surface area contributed by atoms with E-state index in [1.165, 1.54) is 16.4 Å². The van der Waals surface area contributed by atoms with Crippen molar-refractivity contribution in [3.8, 4) is 6.07 Å². The highest BCUT2D eigenvalue weighted by Gasteiger charge is 2.31. The van der Waals surface area contributed by atoms with Crippen molar-refractivity contribution in [2.45, 2.75) is 4.90 Å². The van der Waals surface area contributed by atoms with Crippen molar-refractivity contribution in [3.63, 3.8) is 0 Å². The van der Waals surface area contributed by atoms with Gasteiger partial charge in [-0.2, -0.15) is 9.57 Å². The molecule has 1 aromatic heterocycles. The van der Waals surface area contributed by atoms with E-state index in [1.807, 2.05) is 4.90 Å². The minimum absolute atomic E-state index is 0.215. The monoisotopic (exact) mass is 424 g/mol. The van der Waals surface area contributed by atoms with Crippen molar-refractivity contribution in [1.82, 2.24) is 9.29 Å². The molecule has 25 heavy (non-hydrogen) atoms. The first-order valence-corrected chi connectivity index (χ1v) is 9.71. The van der Waals surface area contributed by atoms with Gasteiger partial charge in [0.1, 0.15) is 16.5 Å². The molecule has 0 saturated carbocycles.